The van der Waals surface area contributed by atoms with E-state index in [2.05, 4.69) is 5.32 Å². The normalized spacial score (nSPS) is 19.7. The van der Waals surface area contributed by atoms with Crippen LogP contribution < -0.4 is 5.32 Å². The lowest BCUT2D eigenvalue weighted by Crippen LogP contribution is -2.57. The summed E-state index contributed by atoms with van der Waals surface area (Å²) < 4.78 is 53.8. The van der Waals surface area contributed by atoms with Crippen LogP contribution >= 0.6 is 0 Å². The zero-order valence-electron chi connectivity index (χ0n) is 18.5. The first-order valence-corrected chi connectivity index (χ1v) is 12.6. The predicted molar refractivity (Wildman–Crippen MR) is 115 cm³/mol. The maximum Gasteiger partial charge on any atom is 0.246 e. The van der Waals surface area contributed by atoms with Crippen molar-refractivity contribution in [1.29, 1.82) is 0 Å². The molecule has 2 amide bonds. The Morgan fingerprint density at radius 2 is 1.66 bits per heavy atom. The molecule has 32 heavy (non-hydrogen) atoms. The van der Waals surface area contributed by atoms with E-state index < -0.39 is 32.6 Å². The zero-order valence-corrected chi connectivity index (χ0v) is 19.3. The SMILES string of the molecule is CC(C)[C@H](NC(=O)C1CCCCC1)C(=O)N1CCN(S(=O)(=O)c2ccc(F)cc2F)CC1. The molecule has 1 heterocycles. The summed E-state index contributed by atoms with van der Waals surface area (Å²) >= 11 is 0. The van der Waals surface area contributed by atoms with Crippen LogP contribution in [0.5, 0.6) is 0 Å². The van der Waals surface area contributed by atoms with Gasteiger partial charge in [-0.05, 0) is 30.9 Å². The molecule has 1 aliphatic heterocycles. The fraction of sp³-hybridized carbons (Fsp3) is 0.636. The molecule has 1 aromatic rings. The second-order valence-electron chi connectivity index (χ2n) is 8.87. The molecule has 1 N–H and O–H groups in total. The van der Waals surface area contributed by atoms with Crippen LogP contribution in [0.2, 0.25) is 0 Å². The Morgan fingerprint density at radius 3 is 2.22 bits per heavy atom. The molecular weight excluding hydrogens is 440 g/mol. The topological polar surface area (TPSA) is 86.8 Å². The number of sulfonamides is 1. The van der Waals surface area contributed by atoms with Crippen LogP contribution in [0.25, 0.3) is 0 Å². The first-order chi connectivity index (χ1) is 15.1. The Hall–Kier alpha value is -2.07. The van der Waals surface area contributed by atoms with Crippen molar-refractivity contribution in [3.05, 3.63) is 29.8 Å². The van der Waals surface area contributed by atoms with Crippen LogP contribution in [-0.4, -0.2) is 61.7 Å². The molecular formula is C22H31F2N3O4S. The molecule has 1 saturated heterocycles. The van der Waals surface area contributed by atoms with Gasteiger partial charge in [-0.1, -0.05) is 33.1 Å². The van der Waals surface area contributed by atoms with Gasteiger partial charge in [-0.25, -0.2) is 17.2 Å². The van der Waals surface area contributed by atoms with E-state index in [4.69, 9.17) is 0 Å². The standard InChI is InChI=1S/C22H31F2N3O4S/c1-15(2)20(25-21(28)16-6-4-3-5-7-16)22(29)26-10-12-27(13-11-26)32(30,31)19-9-8-17(23)14-18(19)24/h8-9,14-16,20H,3-7,10-13H2,1-2H3,(H,25,28)/t20-/m0/s1. The highest BCUT2D eigenvalue weighted by Gasteiger charge is 2.36. The van der Waals surface area contributed by atoms with E-state index in [1.165, 1.54) is 0 Å². The van der Waals surface area contributed by atoms with Crippen molar-refractivity contribution in [3.8, 4) is 0 Å². The maximum atomic E-state index is 14.0. The summed E-state index contributed by atoms with van der Waals surface area (Å²) in [6, 6.07) is 1.67. The third-order valence-corrected chi connectivity index (χ3v) is 8.20. The van der Waals surface area contributed by atoms with Gasteiger partial charge in [0.15, 0.2) is 0 Å². The minimum Gasteiger partial charge on any atom is -0.344 e. The third kappa shape index (κ3) is 5.46. The largest absolute Gasteiger partial charge is 0.344 e. The van der Waals surface area contributed by atoms with Crippen LogP contribution in [0.15, 0.2) is 23.1 Å². The number of rotatable bonds is 6. The van der Waals surface area contributed by atoms with Crippen molar-refractivity contribution in [3.63, 3.8) is 0 Å². The van der Waals surface area contributed by atoms with Gasteiger partial charge in [0.05, 0.1) is 0 Å². The summed E-state index contributed by atoms with van der Waals surface area (Å²) in [5.74, 6) is -2.52. The van der Waals surface area contributed by atoms with Gasteiger partial charge in [-0.3, -0.25) is 9.59 Å². The monoisotopic (exact) mass is 471 g/mol. The van der Waals surface area contributed by atoms with Crippen molar-refractivity contribution in [2.45, 2.75) is 56.9 Å². The lowest BCUT2D eigenvalue weighted by atomic mass is 9.88. The van der Waals surface area contributed by atoms with Gasteiger partial charge < -0.3 is 10.2 Å². The number of benzene rings is 1. The third-order valence-electron chi connectivity index (χ3n) is 6.27. The molecule has 1 aliphatic carbocycles. The quantitative estimate of drug-likeness (QED) is 0.691. The average Bonchev–Trinajstić information content (AvgIpc) is 2.77. The number of piperazine rings is 1. The van der Waals surface area contributed by atoms with Crippen molar-refractivity contribution in [2.24, 2.45) is 11.8 Å². The van der Waals surface area contributed by atoms with Crippen molar-refractivity contribution < 1.29 is 26.8 Å². The Bertz CT molecular complexity index is 940. The predicted octanol–water partition coefficient (Wildman–Crippen LogP) is 2.52. The summed E-state index contributed by atoms with van der Waals surface area (Å²) in [4.78, 5) is 26.7. The Balaban J connectivity index is 1.63. The van der Waals surface area contributed by atoms with Gasteiger partial charge in [-0.15, -0.1) is 0 Å². The summed E-state index contributed by atoms with van der Waals surface area (Å²) in [6.07, 6.45) is 4.83. The molecule has 1 atom stereocenters. The van der Waals surface area contributed by atoms with Crippen LogP contribution in [0.1, 0.15) is 46.0 Å². The van der Waals surface area contributed by atoms with Crippen molar-refractivity contribution >= 4 is 21.8 Å². The first kappa shape index (κ1) is 24.6. The van der Waals surface area contributed by atoms with Crippen LogP contribution in [0.4, 0.5) is 8.78 Å². The van der Waals surface area contributed by atoms with Crippen LogP contribution in [0, 0.1) is 23.5 Å². The van der Waals surface area contributed by atoms with Gasteiger partial charge in [0.25, 0.3) is 0 Å². The second kappa shape index (κ2) is 10.2. The highest BCUT2D eigenvalue weighted by Crippen LogP contribution is 2.25. The number of carbonyl (C=O) groups excluding carboxylic acids is 2. The minimum atomic E-state index is -4.14. The molecule has 3 rings (SSSR count). The molecule has 7 nitrogen and oxygen atoms in total. The molecule has 0 spiro atoms. The number of hydrogen-bond donors (Lipinski definition) is 1. The van der Waals surface area contributed by atoms with E-state index in [0.29, 0.717) is 6.07 Å². The number of nitrogens with zero attached hydrogens (tertiary/aromatic N) is 2. The maximum absolute atomic E-state index is 14.0. The number of hydrogen-bond acceptors (Lipinski definition) is 4. The number of halogens is 2. The molecule has 1 aromatic carbocycles. The molecule has 0 radical (unpaired) electrons. The summed E-state index contributed by atoms with van der Waals surface area (Å²) in [6.45, 7) is 3.97. The molecule has 10 heteroatoms. The summed E-state index contributed by atoms with van der Waals surface area (Å²) in [5, 5.41) is 2.92. The van der Waals surface area contributed by atoms with Gasteiger partial charge in [0.1, 0.15) is 22.6 Å². The smallest absolute Gasteiger partial charge is 0.246 e. The minimum absolute atomic E-state index is 0.00766. The van der Waals surface area contributed by atoms with Gasteiger partial charge in [0.2, 0.25) is 21.8 Å². The molecule has 178 valence electrons. The fourth-order valence-corrected chi connectivity index (χ4v) is 5.79. The lowest BCUT2D eigenvalue weighted by molar-refractivity contribution is -0.139. The van der Waals surface area contributed by atoms with E-state index in [0.717, 1.165) is 48.5 Å². The molecule has 0 bridgehead atoms. The van der Waals surface area contributed by atoms with E-state index in [1.807, 2.05) is 13.8 Å². The zero-order chi connectivity index (χ0) is 23.5. The van der Waals surface area contributed by atoms with E-state index >= 15 is 0 Å². The molecule has 0 aromatic heterocycles. The van der Waals surface area contributed by atoms with E-state index in [-0.39, 0.29) is 49.8 Å². The van der Waals surface area contributed by atoms with Crippen LogP contribution in [-0.2, 0) is 19.6 Å². The van der Waals surface area contributed by atoms with Crippen LogP contribution in [0.3, 0.4) is 0 Å². The molecule has 1 saturated carbocycles. The van der Waals surface area contributed by atoms with Crippen molar-refractivity contribution in [2.75, 3.05) is 26.2 Å². The highest BCUT2D eigenvalue weighted by atomic mass is 32.2. The average molecular weight is 472 g/mol. The fourth-order valence-electron chi connectivity index (χ4n) is 4.32. The van der Waals surface area contributed by atoms with Crippen molar-refractivity contribution in [1.82, 2.24) is 14.5 Å². The van der Waals surface area contributed by atoms with Gasteiger partial charge in [0, 0.05) is 38.2 Å². The number of carbonyl (C=O) groups is 2. The second-order valence-corrected chi connectivity index (χ2v) is 10.8. The Kier molecular flexibility index (Phi) is 7.87. The Morgan fingerprint density at radius 1 is 1.03 bits per heavy atom. The highest BCUT2D eigenvalue weighted by molar-refractivity contribution is 7.89. The van der Waals surface area contributed by atoms with E-state index in [1.54, 1.807) is 4.90 Å². The van der Waals surface area contributed by atoms with Gasteiger partial charge in [-0.2, -0.15) is 4.31 Å². The van der Waals surface area contributed by atoms with E-state index in [9.17, 15) is 26.8 Å². The Labute approximate surface area is 188 Å². The number of amides is 2. The summed E-state index contributed by atoms with van der Waals surface area (Å²) in [7, 11) is -4.14. The van der Waals surface area contributed by atoms with Gasteiger partial charge >= 0.3 is 0 Å². The number of nitrogens with one attached hydrogen (secondary N) is 1. The lowest BCUT2D eigenvalue weighted by Gasteiger charge is -2.37. The molecule has 2 aliphatic rings. The molecule has 2 fully saturated rings. The first-order valence-electron chi connectivity index (χ1n) is 11.2. The summed E-state index contributed by atoms with van der Waals surface area (Å²) in [5.41, 5.74) is 0. The molecule has 0 unspecified atom stereocenters.